The minimum absolute atomic E-state index is 0.713. The van der Waals surface area contributed by atoms with Crippen LogP contribution in [0.15, 0.2) is 0 Å². The summed E-state index contributed by atoms with van der Waals surface area (Å²) < 4.78 is 0.713. The first kappa shape index (κ1) is 8.89. The van der Waals surface area contributed by atoms with Crippen molar-refractivity contribution in [3.05, 3.63) is 0 Å². The number of thioether (sulfide) groups is 1. The van der Waals surface area contributed by atoms with Crippen LogP contribution in [-0.2, 0) is 0 Å². The van der Waals surface area contributed by atoms with Gasteiger partial charge in [-0.1, -0.05) is 6.42 Å². The highest BCUT2D eigenvalue weighted by molar-refractivity contribution is 8.00. The Morgan fingerprint density at radius 1 is 1.08 bits per heavy atom. The minimum atomic E-state index is 0.713. The van der Waals surface area contributed by atoms with Crippen molar-refractivity contribution in [3.63, 3.8) is 0 Å². The van der Waals surface area contributed by atoms with Crippen molar-refractivity contribution in [3.8, 4) is 0 Å². The molecule has 0 aliphatic carbocycles. The standard InChI is InChI=1S/C10H19NS/c1-11-7-5-10(6-8-11)4-2-3-9-12-10/h2-9H2,1H3. The summed E-state index contributed by atoms with van der Waals surface area (Å²) >= 11 is 2.26. The van der Waals surface area contributed by atoms with Crippen molar-refractivity contribution >= 4 is 11.8 Å². The van der Waals surface area contributed by atoms with Crippen molar-refractivity contribution in [1.82, 2.24) is 4.90 Å². The van der Waals surface area contributed by atoms with E-state index in [-0.39, 0.29) is 0 Å². The summed E-state index contributed by atoms with van der Waals surface area (Å²) in [5.74, 6) is 1.42. The number of hydrogen-bond acceptors (Lipinski definition) is 2. The first-order valence-electron chi connectivity index (χ1n) is 5.13. The van der Waals surface area contributed by atoms with Crippen LogP contribution in [0.1, 0.15) is 32.1 Å². The monoisotopic (exact) mass is 185 g/mol. The van der Waals surface area contributed by atoms with Gasteiger partial charge in [0, 0.05) is 4.75 Å². The molecular weight excluding hydrogens is 166 g/mol. The molecule has 0 atom stereocenters. The highest BCUT2D eigenvalue weighted by atomic mass is 32.2. The average Bonchev–Trinajstić information content (AvgIpc) is 2.13. The van der Waals surface area contributed by atoms with Gasteiger partial charge in [0.1, 0.15) is 0 Å². The third-order valence-electron chi connectivity index (χ3n) is 3.33. The summed E-state index contributed by atoms with van der Waals surface area (Å²) in [5.41, 5.74) is 0. The maximum Gasteiger partial charge on any atom is 0.0184 e. The van der Waals surface area contributed by atoms with Gasteiger partial charge in [0.15, 0.2) is 0 Å². The predicted octanol–water partition coefficient (Wildman–Crippen LogP) is 2.37. The van der Waals surface area contributed by atoms with Gasteiger partial charge in [-0.05, 0) is 51.6 Å². The smallest absolute Gasteiger partial charge is 0.0184 e. The summed E-state index contributed by atoms with van der Waals surface area (Å²) in [4.78, 5) is 2.47. The lowest BCUT2D eigenvalue weighted by atomic mass is 9.90. The van der Waals surface area contributed by atoms with Gasteiger partial charge in [-0.2, -0.15) is 11.8 Å². The molecule has 2 heteroatoms. The van der Waals surface area contributed by atoms with E-state index < -0.39 is 0 Å². The van der Waals surface area contributed by atoms with Crippen LogP contribution in [0.3, 0.4) is 0 Å². The molecule has 0 aromatic rings. The van der Waals surface area contributed by atoms with Crippen LogP contribution in [0, 0.1) is 0 Å². The summed E-state index contributed by atoms with van der Waals surface area (Å²) in [6, 6.07) is 0. The molecule has 1 nitrogen and oxygen atoms in total. The van der Waals surface area contributed by atoms with E-state index in [1.165, 1.54) is 50.9 Å². The highest BCUT2D eigenvalue weighted by Gasteiger charge is 2.35. The summed E-state index contributed by atoms with van der Waals surface area (Å²) in [7, 11) is 2.25. The van der Waals surface area contributed by atoms with E-state index in [0.29, 0.717) is 4.75 Å². The normalized spacial score (nSPS) is 30.8. The average molecular weight is 185 g/mol. The summed E-state index contributed by atoms with van der Waals surface area (Å²) in [6.45, 7) is 2.65. The molecule has 0 unspecified atom stereocenters. The van der Waals surface area contributed by atoms with Crippen molar-refractivity contribution in [2.75, 3.05) is 25.9 Å². The van der Waals surface area contributed by atoms with Gasteiger partial charge in [0.25, 0.3) is 0 Å². The molecule has 2 rings (SSSR count). The first-order valence-corrected chi connectivity index (χ1v) is 6.12. The fourth-order valence-electron chi connectivity index (χ4n) is 2.33. The zero-order valence-corrected chi connectivity index (χ0v) is 8.83. The first-order chi connectivity index (χ1) is 5.81. The van der Waals surface area contributed by atoms with Crippen LogP contribution in [0.4, 0.5) is 0 Å². The van der Waals surface area contributed by atoms with E-state index in [4.69, 9.17) is 0 Å². The maximum absolute atomic E-state index is 2.47. The Morgan fingerprint density at radius 2 is 1.83 bits per heavy atom. The van der Waals surface area contributed by atoms with Crippen LogP contribution in [0.25, 0.3) is 0 Å². The molecule has 0 aromatic heterocycles. The molecule has 70 valence electrons. The Morgan fingerprint density at radius 3 is 2.42 bits per heavy atom. The third kappa shape index (κ3) is 1.80. The van der Waals surface area contributed by atoms with Crippen molar-refractivity contribution in [2.45, 2.75) is 36.9 Å². The maximum atomic E-state index is 2.47. The molecule has 0 aromatic carbocycles. The molecule has 0 bridgehead atoms. The van der Waals surface area contributed by atoms with Gasteiger partial charge in [-0.3, -0.25) is 0 Å². The van der Waals surface area contributed by atoms with E-state index in [9.17, 15) is 0 Å². The van der Waals surface area contributed by atoms with Gasteiger partial charge in [0.2, 0.25) is 0 Å². The van der Waals surface area contributed by atoms with Crippen molar-refractivity contribution in [2.24, 2.45) is 0 Å². The molecule has 2 aliphatic rings. The van der Waals surface area contributed by atoms with Gasteiger partial charge in [-0.25, -0.2) is 0 Å². The largest absolute Gasteiger partial charge is 0.306 e. The molecule has 1 spiro atoms. The Labute approximate surface area is 79.9 Å². The summed E-state index contributed by atoms with van der Waals surface area (Å²) in [5, 5.41) is 0. The molecule has 2 fully saturated rings. The van der Waals surface area contributed by atoms with Gasteiger partial charge < -0.3 is 4.90 Å². The number of nitrogens with zero attached hydrogens (tertiary/aromatic N) is 1. The van der Waals surface area contributed by atoms with E-state index in [2.05, 4.69) is 23.7 Å². The topological polar surface area (TPSA) is 3.24 Å². The SMILES string of the molecule is CN1CCC2(CCCCS2)CC1. The quantitative estimate of drug-likeness (QED) is 0.570. The molecular formula is C10H19NS. The molecule has 0 saturated carbocycles. The second-order valence-electron chi connectivity index (χ2n) is 4.29. The zero-order chi connectivity index (χ0) is 8.44. The Balaban J connectivity index is 1.92. The molecule has 12 heavy (non-hydrogen) atoms. The van der Waals surface area contributed by atoms with Crippen LogP contribution < -0.4 is 0 Å². The van der Waals surface area contributed by atoms with Gasteiger partial charge in [-0.15, -0.1) is 0 Å². The molecule has 2 saturated heterocycles. The van der Waals surface area contributed by atoms with E-state index in [1.54, 1.807) is 0 Å². The molecule has 0 N–H and O–H groups in total. The van der Waals surface area contributed by atoms with E-state index >= 15 is 0 Å². The van der Waals surface area contributed by atoms with E-state index in [1.807, 2.05) is 0 Å². The van der Waals surface area contributed by atoms with Crippen LogP contribution >= 0.6 is 11.8 Å². The number of hydrogen-bond donors (Lipinski definition) is 0. The van der Waals surface area contributed by atoms with Crippen LogP contribution in [0.5, 0.6) is 0 Å². The van der Waals surface area contributed by atoms with Crippen molar-refractivity contribution in [1.29, 1.82) is 0 Å². The Bertz CT molecular complexity index is 142. The predicted molar refractivity (Wildman–Crippen MR) is 55.8 cm³/mol. The third-order valence-corrected chi connectivity index (χ3v) is 5.05. The molecule has 2 aliphatic heterocycles. The van der Waals surface area contributed by atoms with Crippen molar-refractivity contribution < 1.29 is 0 Å². The number of piperidine rings is 1. The van der Waals surface area contributed by atoms with E-state index in [0.717, 1.165) is 0 Å². The zero-order valence-electron chi connectivity index (χ0n) is 8.01. The molecule has 2 heterocycles. The Hall–Kier alpha value is 0.310. The number of rotatable bonds is 0. The highest BCUT2D eigenvalue weighted by Crippen LogP contribution is 2.43. The van der Waals surface area contributed by atoms with Crippen LogP contribution in [-0.4, -0.2) is 35.5 Å². The Kier molecular flexibility index (Phi) is 2.66. The second-order valence-corrected chi connectivity index (χ2v) is 5.85. The molecule has 0 radical (unpaired) electrons. The fourth-order valence-corrected chi connectivity index (χ4v) is 3.87. The van der Waals surface area contributed by atoms with Crippen LogP contribution in [0.2, 0.25) is 0 Å². The fraction of sp³-hybridized carbons (Fsp3) is 1.00. The lowest BCUT2D eigenvalue weighted by Crippen LogP contribution is -2.41. The summed E-state index contributed by atoms with van der Waals surface area (Å²) in [6.07, 6.45) is 7.31. The van der Waals surface area contributed by atoms with Gasteiger partial charge >= 0.3 is 0 Å². The lowest BCUT2D eigenvalue weighted by molar-refractivity contribution is 0.228. The molecule has 0 amide bonds. The second kappa shape index (κ2) is 3.59. The minimum Gasteiger partial charge on any atom is -0.306 e. The lowest BCUT2D eigenvalue weighted by Gasteiger charge is -2.42. The van der Waals surface area contributed by atoms with Gasteiger partial charge in [0.05, 0.1) is 0 Å². The number of likely N-dealkylation sites (tertiary alicyclic amines) is 1.